The summed E-state index contributed by atoms with van der Waals surface area (Å²) in [6.45, 7) is 12.5. The first-order chi connectivity index (χ1) is 10.3. The van der Waals surface area contributed by atoms with Crippen LogP contribution in [0.25, 0.3) is 0 Å². The number of hydrogen-bond acceptors (Lipinski definition) is 3. The number of rotatable bonds is 7. The molecule has 1 aromatic rings. The number of hydrogen-bond donors (Lipinski definition) is 2. The molecule has 1 unspecified atom stereocenters. The molecule has 0 aliphatic heterocycles. The minimum absolute atomic E-state index is 0.0456. The summed E-state index contributed by atoms with van der Waals surface area (Å²) >= 11 is 0. The molecule has 6 nitrogen and oxygen atoms in total. The molecule has 6 heteroatoms. The maximum absolute atomic E-state index is 12.2. The van der Waals surface area contributed by atoms with Crippen LogP contribution >= 0.6 is 0 Å². The smallest absolute Gasteiger partial charge is 0.242 e. The third-order valence-electron chi connectivity index (χ3n) is 3.82. The fourth-order valence-corrected chi connectivity index (χ4v) is 2.61. The summed E-state index contributed by atoms with van der Waals surface area (Å²) in [6, 6.07) is -0.496. The number of aromatic nitrogens is 2. The van der Waals surface area contributed by atoms with Crippen LogP contribution in [0.3, 0.4) is 0 Å². The highest BCUT2D eigenvalue weighted by Crippen LogP contribution is 2.13. The van der Waals surface area contributed by atoms with E-state index < -0.39 is 6.04 Å². The Kier molecular flexibility index (Phi) is 6.59. The lowest BCUT2D eigenvalue weighted by Crippen LogP contribution is -2.49. The van der Waals surface area contributed by atoms with Crippen LogP contribution in [0.5, 0.6) is 0 Å². The van der Waals surface area contributed by atoms with Crippen LogP contribution < -0.4 is 10.6 Å². The zero-order valence-corrected chi connectivity index (χ0v) is 14.5. The van der Waals surface area contributed by atoms with Crippen LogP contribution in [0.15, 0.2) is 0 Å². The van der Waals surface area contributed by atoms with Gasteiger partial charge in [-0.05, 0) is 31.7 Å². The van der Waals surface area contributed by atoms with Crippen LogP contribution in [-0.2, 0) is 22.6 Å². The lowest BCUT2D eigenvalue weighted by Gasteiger charge is -2.21. The summed E-state index contributed by atoms with van der Waals surface area (Å²) in [5.41, 5.74) is 3.46. The van der Waals surface area contributed by atoms with Gasteiger partial charge in [0.2, 0.25) is 11.8 Å². The van der Waals surface area contributed by atoms with Crippen molar-refractivity contribution in [2.75, 3.05) is 6.54 Å². The highest BCUT2D eigenvalue weighted by atomic mass is 16.2. The molecular weight excluding hydrogens is 280 g/mol. The molecule has 1 aromatic heterocycles. The molecule has 1 heterocycles. The molecule has 0 aliphatic carbocycles. The summed E-state index contributed by atoms with van der Waals surface area (Å²) in [5.74, 6) is -0.299. The Morgan fingerprint density at radius 2 is 1.91 bits per heavy atom. The molecule has 0 aliphatic rings. The zero-order valence-electron chi connectivity index (χ0n) is 14.5. The van der Waals surface area contributed by atoms with Crippen LogP contribution in [0.4, 0.5) is 0 Å². The first kappa shape index (κ1) is 18.2. The zero-order chi connectivity index (χ0) is 16.9. The normalized spacial score (nSPS) is 12.3. The summed E-state index contributed by atoms with van der Waals surface area (Å²) in [5, 5.41) is 10.1. The minimum Gasteiger partial charge on any atom is -0.352 e. The van der Waals surface area contributed by atoms with Gasteiger partial charge in [-0.1, -0.05) is 20.8 Å². The van der Waals surface area contributed by atoms with Crippen molar-refractivity contribution in [3.8, 4) is 0 Å². The standard InChI is InChI=1S/C16H28N4O2/c1-7-14-11(4)19-20(12(14)5)9-8-17-16(22)15(10(2)3)18-13(6)21/h10,15H,7-9H2,1-6H3,(H,17,22)(H,18,21). The van der Waals surface area contributed by atoms with Gasteiger partial charge in [-0.25, -0.2) is 0 Å². The molecule has 0 saturated carbocycles. The SMILES string of the molecule is CCc1c(C)nn(CCNC(=O)C(NC(C)=O)C(C)C)c1C. The van der Waals surface area contributed by atoms with Gasteiger partial charge in [-0.15, -0.1) is 0 Å². The maximum Gasteiger partial charge on any atom is 0.242 e. The molecule has 0 aromatic carbocycles. The quantitative estimate of drug-likeness (QED) is 0.798. The molecule has 0 spiro atoms. The molecule has 0 bridgehead atoms. The third-order valence-corrected chi connectivity index (χ3v) is 3.82. The Hall–Kier alpha value is -1.85. The Morgan fingerprint density at radius 3 is 2.36 bits per heavy atom. The van der Waals surface area contributed by atoms with E-state index in [4.69, 9.17) is 0 Å². The predicted octanol–water partition coefficient (Wildman–Crippen LogP) is 1.34. The molecule has 124 valence electrons. The first-order valence-corrected chi connectivity index (χ1v) is 7.85. The average Bonchev–Trinajstić information content (AvgIpc) is 2.69. The number of nitrogens with one attached hydrogen (secondary N) is 2. The molecule has 0 saturated heterocycles. The van der Waals surface area contributed by atoms with Crippen LogP contribution in [0.1, 0.15) is 44.6 Å². The van der Waals surface area contributed by atoms with Crippen molar-refractivity contribution in [2.24, 2.45) is 5.92 Å². The first-order valence-electron chi connectivity index (χ1n) is 7.85. The van der Waals surface area contributed by atoms with Crippen molar-refractivity contribution in [1.82, 2.24) is 20.4 Å². The Balaban J connectivity index is 2.59. The van der Waals surface area contributed by atoms with E-state index in [0.29, 0.717) is 13.1 Å². The van der Waals surface area contributed by atoms with Crippen LogP contribution in [0.2, 0.25) is 0 Å². The van der Waals surface area contributed by atoms with Gasteiger partial charge < -0.3 is 10.6 Å². The van der Waals surface area contributed by atoms with Crippen molar-refractivity contribution in [3.05, 3.63) is 17.0 Å². The van der Waals surface area contributed by atoms with Gasteiger partial charge in [0.25, 0.3) is 0 Å². The van der Waals surface area contributed by atoms with Crippen LogP contribution in [-0.4, -0.2) is 34.2 Å². The number of aryl methyl sites for hydroxylation is 1. The molecule has 2 amide bonds. The van der Waals surface area contributed by atoms with Gasteiger partial charge in [-0.2, -0.15) is 5.10 Å². The van der Waals surface area contributed by atoms with Crippen LogP contribution in [0, 0.1) is 19.8 Å². The lowest BCUT2D eigenvalue weighted by atomic mass is 10.0. The van der Waals surface area contributed by atoms with Crippen molar-refractivity contribution in [3.63, 3.8) is 0 Å². The van der Waals surface area contributed by atoms with Gasteiger partial charge in [-0.3, -0.25) is 14.3 Å². The fourth-order valence-electron chi connectivity index (χ4n) is 2.61. The molecule has 2 N–H and O–H groups in total. The second-order valence-electron chi connectivity index (χ2n) is 5.94. The minimum atomic E-state index is -0.496. The summed E-state index contributed by atoms with van der Waals surface area (Å²) in [4.78, 5) is 23.3. The second-order valence-corrected chi connectivity index (χ2v) is 5.94. The molecule has 0 radical (unpaired) electrons. The van der Waals surface area contributed by atoms with Gasteiger partial charge in [0.05, 0.1) is 12.2 Å². The van der Waals surface area contributed by atoms with Gasteiger partial charge in [0.1, 0.15) is 6.04 Å². The largest absolute Gasteiger partial charge is 0.352 e. The Bertz CT molecular complexity index is 534. The number of nitrogens with zero attached hydrogens (tertiary/aromatic N) is 2. The maximum atomic E-state index is 12.2. The third kappa shape index (κ3) is 4.58. The van der Waals surface area contributed by atoms with E-state index in [1.165, 1.54) is 12.5 Å². The van der Waals surface area contributed by atoms with Crippen molar-refractivity contribution in [1.29, 1.82) is 0 Å². The van der Waals surface area contributed by atoms with E-state index in [1.54, 1.807) is 0 Å². The topological polar surface area (TPSA) is 76.0 Å². The van der Waals surface area contributed by atoms with E-state index in [-0.39, 0.29) is 17.7 Å². The van der Waals surface area contributed by atoms with Gasteiger partial charge in [0.15, 0.2) is 0 Å². The fraction of sp³-hybridized carbons (Fsp3) is 0.688. The number of amides is 2. The predicted molar refractivity (Wildman–Crippen MR) is 86.5 cm³/mol. The van der Waals surface area contributed by atoms with E-state index in [9.17, 15) is 9.59 Å². The van der Waals surface area contributed by atoms with E-state index in [0.717, 1.165) is 17.8 Å². The van der Waals surface area contributed by atoms with Gasteiger partial charge >= 0.3 is 0 Å². The monoisotopic (exact) mass is 308 g/mol. The van der Waals surface area contributed by atoms with E-state index in [1.807, 2.05) is 25.5 Å². The Morgan fingerprint density at radius 1 is 1.27 bits per heavy atom. The van der Waals surface area contributed by atoms with Gasteiger partial charge in [0, 0.05) is 19.2 Å². The summed E-state index contributed by atoms with van der Waals surface area (Å²) < 4.78 is 1.93. The van der Waals surface area contributed by atoms with Crippen molar-refractivity contribution >= 4 is 11.8 Å². The average molecular weight is 308 g/mol. The highest BCUT2D eigenvalue weighted by molar-refractivity contribution is 5.86. The lowest BCUT2D eigenvalue weighted by molar-refractivity contribution is -0.129. The van der Waals surface area contributed by atoms with Crippen molar-refractivity contribution in [2.45, 2.75) is 60.5 Å². The van der Waals surface area contributed by atoms with E-state index in [2.05, 4.69) is 29.6 Å². The molecule has 22 heavy (non-hydrogen) atoms. The Labute approximate surface area is 132 Å². The summed E-state index contributed by atoms with van der Waals surface area (Å²) in [6.07, 6.45) is 0.960. The molecular formula is C16H28N4O2. The molecule has 0 fully saturated rings. The molecule has 1 rings (SSSR count). The number of carbonyl (C=O) groups excluding carboxylic acids is 2. The highest BCUT2D eigenvalue weighted by Gasteiger charge is 2.22. The number of carbonyl (C=O) groups is 2. The molecule has 1 atom stereocenters. The second kappa shape index (κ2) is 7.96. The van der Waals surface area contributed by atoms with E-state index >= 15 is 0 Å². The van der Waals surface area contributed by atoms with Crippen molar-refractivity contribution < 1.29 is 9.59 Å². The summed E-state index contributed by atoms with van der Waals surface area (Å²) in [7, 11) is 0.